The molecule has 0 unspecified atom stereocenters. The van der Waals surface area contributed by atoms with E-state index in [1.165, 1.54) is 12.1 Å². The molecule has 5 heteroatoms. The molecule has 1 rings (SSSR count). The van der Waals surface area contributed by atoms with Gasteiger partial charge in [-0.3, -0.25) is 9.59 Å². The number of ether oxygens (including phenoxy) is 1. The Labute approximate surface area is 135 Å². The molecule has 0 radical (unpaired) electrons. The van der Waals surface area contributed by atoms with E-state index in [2.05, 4.69) is 11.3 Å². The van der Waals surface area contributed by atoms with Gasteiger partial charge in [0.1, 0.15) is 0 Å². The first kappa shape index (κ1) is 18.5. The second-order valence-electron chi connectivity index (χ2n) is 5.74. The van der Waals surface area contributed by atoms with Crippen LogP contribution in [0.1, 0.15) is 43.6 Å². The van der Waals surface area contributed by atoms with Crippen molar-refractivity contribution in [3.8, 4) is 0 Å². The summed E-state index contributed by atoms with van der Waals surface area (Å²) < 4.78 is 4.67. The van der Waals surface area contributed by atoms with Crippen LogP contribution in [-0.4, -0.2) is 29.9 Å². The average Bonchev–Trinajstić information content (AvgIpc) is 2.52. The summed E-state index contributed by atoms with van der Waals surface area (Å²) in [5.41, 5.74) is 0.298. The van der Waals surface area contributed by atoms with Gasteiger partial charge >= 0.3 is 5.97 Å². The molecule has 23 heavy (non-hydrogen) atoms. The van der Waals surface area contributed by atoms with Crippen LogP contribution in [0.3, 0.4) is 0 Å². The van der Waals surface area contributed by atoms with E-state index in [-0.39, 0.29) is 17.9 Å². The van der Waals surface area contributed by atoms with Crippen LogP contribution in [0.4, 0.5) is 0 Å². The SMILES string of the molecule is C=C(C)C(=O)C(=N)C(C)(C)c1ccc(C(=O)C(=O)OCC)cc1. The van der Waals surface area contributed by atoms with Crippen molar-refractivity contribution in [3.63, 3.8) is 0 Å². The Bertz CT molecular complexity index is 669. The Hall–Kier alpha value is -2.56. The molecule has 0 amide bonds. The van der Waals surface area contributed by atoms with Crippen molar-refractivity contribution < 1.29 is 19.1 Å². The van der Waals surface area contributed by atoms with Crippen molar-refractivity contribution in [2.75, 3.05) is 6.61 Å². The van der Waals surface area contributed by atoms with Crippen molar-refractivity contribution >= 4 is 23.2 Å². The fourth-order valence-electron chi connectivity index (χ4n) is 1.99. The van der Waals surface area contributed by atoms with Crippen molar-refractivity contribution in [1.29, 1.82) is 5.41 Å². The molecule has 0 aliphatic carbocycles. The summed E-state index contributed by atoms with van der Waals surface area (Å²) >= 11 is 0. The highest BCUT2D eigenvalue weighted by molar-refractivity contribution is 6.47. The standard InChI is InChI=1S/C18H21NO4/c1-6-23-17(22)15(21)12-7-9-13(10-8-12)18(4,5)16(19)14(20)11(2)3/h7-10,19H,2,6H2,1,3-5H3. The molecule has 122 valence electrons. The lowest BCUT2D eigenvalue weighted by Gasteiger charge is -2.25. The van der Waals surface area contributed by atoms with E-state index >= 15 is 0 Å². The number of carbonyl (C=O) groups excluding carboxylic acids is 3. The van der Waals surface area contributed by atoms with Crippen LogP contribution in [0, 0.1) is 5.41 Å². The summed E-state index contributed by atoms with van der Waals surface area (Å²) in [6.45, 7) is 10.4. The van der Waals surface area contributed by atoms with E-state index in [1.54, 1.807) is 39.8 Å². The molecule has 1 N–H and O–H groups in total. The fourth-order valence-corrected chi connectivity index (χ4v) is 1.99. The van der Waals surface area contributed by atoms with E-state index in [1.807, 2.05) is 0 Å². The van der Waals surface area contributed by atoms with Gasteiger partial charge in [-0.15, -0.1) is 0 Å². The molecule has 0 aliphatic heterocycles. The summed E-state index contributed by atoms with van der Waals surface area (Å²) in [7, 11) is 0. The van der Waals surface area contributed by atoms with Gasteiger partial charge in [-0.1, -0.05) is 44.7 Å². The summed E-state index contributed by atoms with van der Waals surface area (Å²) in [6.07, 6.45) is 0. The maximum atomic E-state index is 12.0. The maximum Gasteiger partial charge on any atom is 0.379 e. The van der Waals surface area contributed by atoms with Crippen molar-refractivity contribution in [2.24, 2.45) is 0 Å². The molecule has 5 nitrogen and oxygen atoms in total. The van der Waals surface area contributed by atoms with Gasteiger partial charge in [-0.25, -0.2) is 4.79 Å². The molecular weight excluding hydrogens is 294 g/mol. The smallest absolute Gasteiger partial charge is 0.379 e. The quantitative estimate of drug-likeness (QED) is 0.276. The third-order valence-electron chi connectivity index (χ3n) is 3.57. The Morgan fingerprint density at radius 1 is 1.17 bits per heavy atom. The van der Waals surface area contributed by atoms with Gasteiger partial charge in [0.15, 0.2) is 0 Å². The molecule has 0 spiro atoms. The van der Waals surface area contributed by atoms with Gasteiger partial charge in [-0.05, 0) is 25.0 Å². The number of hydrogen-bond donors (Lipinski definition) is 1. The molecule has 0 aliphatic rings. The third kappa shape index (κ3) is 4.00. The Balaban J connectivity index is 3.06. The lowest BCUT2D eigenvalue weighted by molar-refractivity contribution is -0.137. The lowest BCUT2D eigenvalue weighted by Crippen LogP contribution is -2.35. The van der Waals surface area contributed by atoms with Crippen molar-refractivity contribution in [3.05, 3.63) is 47.5 Å². The zero-order valence-electron chi connectivity index (χ0n) is 13.9. The number of allylic oxidation sites excluding steroid dienone is 1. The summed E-state index contributed by atoms with van der Waals surface area (Å²) in [5, 5.41) is 8.08. The van der Waals surface area contributed by atoms with E-state index < -0.39 is 23.0 Å². The zero-order chi connectivity index (χ0) is 17.8. The summed E-state index contributed by atoms with van der Waals surface area (Å²) in [6, 6.07) is 6.25. The van der Waals surface area contributed by atoms with Gasteiger partial charge in [0.2, 0.25) is 5.78 Å². The monoisotopic (exact) mass is 315 g/mol. The minimum absolute atomic E-state index is 0.0746. The normalized spacial score (nSPS) is 10.8. The molecular formula is C18H21NO4. The number of esters is 1. The van der Waals surface area contributed by atoms with E-state index in [4.69, 9.17) is 5.41 Å². The van der Waals surface area contributed by atoms with Gasteiger partial charge in [-0.2, -0.15) is 0 Å². The number of hydrogen-bond acceptors (Lipinski definition) is 5. The predicted octanol–water partition coefficient (Wildman–Crippen LogP) is 2.87. The highest BCUT2D eigenvalue weighted by Crippen LogP contribution is 2.26. The lowest BCUT2D eigenvalue weighted by atomic mass is 9.77. The van der Waals surface area contributed by atoms with Crippen LogP contribution in [0.2, 0.25) is 0 Å². The Kier molecular flexibility index (Phi) is 5.73. The Morgan fingerprint density at radius 2 is 1.70 bits per heavy atom. The minimum atomic E-state index is -0.898. The molecule has 0 saturated carbocycles. The van der Waals surface area contributed by atoms with Crippen LogP contribution in [0.5, 0.6) is 0 Å². The summed E-state index contributed by atoms with van der Waals surface area (Å²) in [4.78, 5) is 35.2. The van der Waals surface area contributed by atoms with Crippen molar-refractivity contribution in [1.82, 2.24) is 0 Å². The number of benzene rings is 1. The highest BCUT2D eigenvalue weighted by atomic mass is 16.5. The first-order valence-corrected chi connectivity index (χ1v) is 7.24. The van der Waals surface area contributed by atoms with Gasteiger partial charge < -0.3 is 10.1 Å². The molecule has 0 aromatic heterocycles. The number of rotatable bonds is 7. The molecule has 0 bridgehead atoms. The number of nitrogens with one attached hydrogen (secondary N) is 1. The second-order valence-corrected chi connectivity index (χ2v) is 5.74. The van der Waals surface area contributed by atoms with Crippen LogP contribution in [0.25, 0.3) is 0 Å². The highest BCUT2D eigenvalue weighted by Gasteiger charge is 2.31. The molecule has 0 atom stereocenters. The molecule has 0 saturated heterocycles. The minimum Gasteiger partial charge on any atom is -0.460 e. The van der Waals surface area contributed by atoms with Gasteiger partial charge in [0.05, 0.1) is 12.3 Å². The predicted molar refractivity (Wildman–Crippen MR) is 88.0 cm³/mol. The van der Waals surface area contributed by atoms with E-state index in [0.717, 1.165) is 0 Å². The number of Topliss-reactive ketones (excluding diaryl/α,β-unsaturated/α-hetero) is 2. The maximum absolute atomic E-state index is 12.0. The molecule has 0 heterocycles. The Morgan fingerprint density at radius 3 is 2.13 bits per heavy atom. The fraction of sp³-hybridized carbons (Fsp3) is 0.333. The summed E-state index contributed by atoms with van der Waals surface area (Å²) in [5.74, 6) is -2.02. The first-order chi connectivity index (χ1) is 10.6. The van der Waals surface area contributed by atoms with Crippen LogP contribution in [-0.2, 0) is 19.7 Å². The van der Waals surface area contributed by atoms with Crippen LogP contribution in [0.15, 0.2) is 36.4 Å². The number of carbonyl (C=O) groups is 3. The largest absolute Gasteiger partial charge is 0.460 e. The topological polar surface area (TPSA) is 84.3 Å². The van der Waals surface area contributed by atoms with Crippen molar-refractivity contribution in [2.45, 2.75) is 33.1 Å². The van der Waals surface area contributed by atoms with Crippen LogP contribution < -0.4 is 0 Å². The zero-order valence-corrected chi connectivity index (χ0v) is 13.9. The molecule has 1 aromatic carbocycles. The van der Waals surface area contributed by atoms with Crippen LogP contribution >= 0.6 is 0 Å². The van der Waals surface area contributed by atoms with E-state index in [9.17, 15) is 14.4 Å². The second kappa shape index (κ2) is 7.13. The van der Waals surface area contributed by atoms with Gasteiger partial charge in [0.25, 0.3) is 5.78 Å². The van der Waals surface area contributed by atoms with E-state index in [0.29, 0.717) is 11.1 Å². The van der Waals surface area contributed by atoms with Gasteiger partial charge in [0, 0.05) is 11.0 Å². The third-order valence-corrected chi connectivity index (χ3v) is 3.57. The molecule has 0 fully saturated rings. The first-order valence-electron chi connectivity index (χ1n) is 7.24. The average molecular weight is 315 g/mol. The molecule has 1 aromatic rings. The number of ketones is 2.